The largest absolute Gasteiger partial charge is 0.484 e. The van der Waals surface area contributed by atoms with Crippen LogP contribution in [0.25, 0.3) is 0 Å². The molecule has 20 heavy (non-hydrogen) atoms. The quantitative estimate of drug-likeness (QED) is 0.887. The topological polar surface area (TPSA) is 38.3 Å². The number of aryl methyl sites for hydroxylation is 2. The van der Waals surface area contributed by atoms with Crippen molar-refractivity contribution in [2.75, 3.05) is 6.61 Å². The Morgan fingerprint density at radius 1 is 1.30 bits per heavy atom. The Hall–Kier alpha value is -1.33. The van der Waals surface area contributed by atoms with Gasteiger partial charge < -0.3 is 10.1 Å². The molecule has 3 nitrogen and oxygen atoms in total. The maximum absolute atomic E-state index is 11.7. The van der Waals surface area contributed by atoms with E-state index in [9.17, 15) is 4.79 Å². The summed E-state index contributed by atoms with van der Waals surface area (Å²) >= 11 is 5.00. The maximum Gasteiger partial charge on any atom is 0.258 e. The molecule has 2 rings (SSSR count). The van der Waals surface area contributed by atoms with Gasteiger partial charge in [0.2, 0.25) is 0 Å². The van der Waals surface area contributed by atoms with Gasteiger partial charge in [0.15, 0.2) is 6.61 Å². The van der Waals surface area contributed by atoms with Gasteiger partial charge in [0.05, 0.1) is 10.3 Å². The molecule has 1 N–H and O–H groups in total. The van der Waals surface area contributed by atoms with E-state index in [-0.39, 0.29) is 12.5 Å². The van der Waals surface area contributed by atoms with E-state index in [2.05, 4.69) is 21.2 Å². The van der Waals surface area contributed by atoms with Crippen LogP contribution < -0.4 is 10.1 Å². The van der Waals surface area contributed by atoms with Crippen molar-refractivity contribution < 1.29 is 9.53 Å². The van der Waals surface area contributed by atoms with Gasteiger partial charge in [-0.3, -0.25) is 4.79 Å². The molecule has 0 atom stereocenters. The molecule has 2 aromatic rings. The van der Waals surface area contributed by atoms with E-state index in [1.165, 1.54) is 5.56 Å². The highest BCUT2D eigenvalue weighted by molar-refractivity contribution is 9.11. The lowest BCUT2D eigenvalue weighted by Crippen LogP contribution is -2.28. The van der Waals surface area contributed by atoms with Crippen molar-refractivity contribution in [3.8, 4) is 5.75 Å². The first kappa shape index (κ1) is 15.1. The third-order valence-corrected chi connectivity index (χ3v) is 4.40. The van der Waals surface area contributed by atoms with Crippen LogP contribution in [-0.2, 0) is 11.3 Å². The number of ether oxygens (including phenoxy) is 1. The van der Waals surface area contributed by atoms with Gasteiger partial charge in [-0.2, -0.15) is 0 Å². The molecule has 0 saturated heterocycles. The fraction of sp³-hybridized carbons (Fsp3) is 0.267. The van der Waals surface area contributed by atoms with E-state index >= 15 is 0 Å². The average molecular weight is 354 g/mol. The summed E-state index contributed by atoms with van der Waals surface area (Å²) in [4.78, 5) is 12.8. The summed E-state index contributed by atoms with van der Waals surface area (Å²) in [5.74, 6) is 0.638. The fourth-order valence-corrected chi connectivity index (χ4v) is 3.21. The first-order valence-electron chi connectivity index (χ1n) is 6.25. The molecule has 0 aliphatic heterocycles. The zero-order chi connectivity index (χ0) is 14.5. The third-order valence-electron chi connectivity index (χ3n) is 2.78. The van der Waals surface area contributed by atoms with E-state index in [4.69, 9.17) is 4.74 Å². The SMILES string of the molecule is Cc1ccc(OCC(=O)NCc2ccc(Br)s2)c(C)c1. The summed E-state index contributed by atoms with van der Waals surface area (Å²) in [5, 5.41) is 2.84. The normalized spacial score (nSPS) is 10.3. The molecule has 0 saturated carbocycles. The van der Waals surface area contributed by atoms with E-state index < -0.39 is 0 Å². The lowest BCUT2D eigenvalue weighted by atomic mass is 10.1. The minimum atomic E-state index is -0.116. The van der Waals surface area contributed by atoms with Crippen LogP contribution >= 0.6 is 27.3 Å². The number of benzene rings is 1. The fourth-order valence-electron chi connectivity index (χ4n) is 1.79. The minimum Gasteiger partial charge on any atom is -0.484 e. The second kappa shape index (κ2) is 6.90. The van der Waals surface area contributed by atoms with Crippen molar-refractivity contribution in [3.63, 3.8) is 0 Å². The van der Waals surface area contributed by atoms with E-state index in [0.717, 1.165) is 20.0 Å². The first-order valence-corrected chi connectivity index (χ1v) is 7.86. The van der Waals surface area contributed by atoms with Crippen molar-refractivity contribution >= 4 is 33.2 Å². The lowest BCUT2D eigenvalue weighted by molar-refractivity contribution is -0.123. The number of thiophene rings is 1. The van der Waals surface area contributed by atoms with Gasteiger partial charge in [-0.25, -0.2) is 0 Å². The summed E-state index contributed by atoms with van der Waals surface area (Å²) < 4.78 is 6.59. The van der Waals surface area contributed by atoms with Crippen LogP contribution in [0.2, 0.25) is 0 Å². The van der Waals surface area contributed by atoms with E-state index in [0.29, 0.717) is 6.54 Å². The zero-order valence-electron chi connectivity index (χ0n) is 11.4. The predicted molar refractivity (Wildman–Crippen MR) is 85.3 cm³/mol. The molecule has 0 fully saturated rings. The summed E-state index contributed by atoms with van der Waals surface area (Å²) in [5.41, 5.74) is 2.22. The summed E-state index contributed by atoms with van der Waals surface area (Å²) in [7, 11) is 0. The summed E-state index contributed by atoms with van der Waals surface area (Å²) in [6.45, 7) is 4.58. The third kappa shape index (κ3) is 4.35. The molecule has 0 radical (unpaired) electrons. The van der Waals surface area contributed by atoms with Crippen molar-refractivity contribution in [2.45, 2.75) is 20.4 Å². The first-order chi connectivity index (χ1) is 9.54. The van der Waals surface area contributed by atoms with Crippen molar-refractivity contribution in [3.05, 3.63) is 50.1 Å². The number of halogens is 1. The van der Waals surface area contributed by atoms with Crippen LogP contribution in [-0.4, -0.2) is 12.5 Å². The lowest BCUT2D eigenvalue weighted by Gasteiger charge is -2.09. The van der Waals surface area contributed by atoms with Crippen molar-refractivity contribution in [2.24, 2.45) is 0 Å². The van der Waals surface area contributed by atoms with Gasteiger partial charge in [-0.15, -0.1) is 11.3 Å². The molecular weight excluding hydrogens is 338 g/mol. The van der Waals surface area contributed by atoms with Crippen LogP contribution in [0.15, 0.2) is 34.1 Å². The van der Waals surface area contributed by atoms with Crippen LogP contribution in [0.4, 0.5) is 0 Å². The number of nitrogens with one attached hydrogen (secondary N) is 1. The average Bonchev–Trinajstić information content (AvgIpc) is 2.81. The number of carbonyl (C=O) groups is 1. The predicted octanol–water partition coefficient (Wildman–Crippen LogP) is 3.82. The van der Waals surface area contributed by atoms with Gasteiger partial charge in [0.25, 0.3) is 5.91 Å². The Balaban J connectivity index is 1.80. The maximum atomic E-state index is 11.7. The van der Waals surface area contributed by atoms with Gasteiger partial charge in [-0.05, 0) is 53.5 Å². The zero-order valence-corrected chi connectivity index (χ0v) is 13.8. The number of hydrogen-bond acceptors (Lipinski definition) is 3. The van der Waals surface area contributed by atoms with Gasteiger partial charge in [0.1, 0.15) is 5.75 Å². The second-order valence-electron chi connectivity index (χ2n) is 4.54. The molecule has 1 aromatic heterocycles. The minimum absolute atomic E-state index is 0.0381. The van der Waals surface area contributed by atoms with Crippen LogP contribution in [0, 0.1) is 13.8 Å². The summed E-state index contributed by atoms with van der Waals surface area (Å²) in [6.07, 6.45) is 0. The number of carbonyl (C=O) groups excluding carboxylic acids is 1. The Morgan fingerprint density at radius 2 is 2.10 bits per heavy atom. The highest BCUT2D eigenvalue weighted by Crippen LogP contribution is 2.21. The van der Waals surface area contributed by atoms with E-state index in [1.807, 2.05) is 44.2 Å². The molecule has 1 heterocycles. The molecule has 0 unspecified atom stereocenters. The Kier molecular flexibility index (Phi) is 5.20. The number of hydrogen-bond donors (Lipinski definition) is 1. The Morgan fingerprint density at radius 3 is 2.75 bits per heavy atom. The second-order valence-corrected chi connectivity index (χ2v) is 7.09. The molecule has 0 spiro atoms. The van der Waals surface area contributed by atoms with Crippen molar-refractivity contribution in [1.82, 2.24) is 5.32 Å². The van der Waals surface area contributed by atoms with Crippen molar-refractivity contribution in [1.29, 1.82) is 0 Å². The van der Waals surface area contributed by atoms with Gasteiger partial charge >= 0.3 is 0 Å². The Labute approximate surface area is 131 Å². The van der Waals surface area contributed by atoms with Crippen LogP contribution in [0.3, 0.4) is 0 Å². The molecule has 0 aliphatic rings. The molecular formula is C15H16BrNO2S. The highest BCUT2D eigenvalue weighted by atomic mass is 79.9. The molecule has 1 amide bonds. The van der Waals surface area contributed by atoms with E-state index in [1.54, 1.807) is 11.3 Å². The molecule has 5 heteroatoms. The van der Waals surface area contributed by atoms with Gasteiger partial charge in [-0.1, -0.05) is 17.7 Å². The summed E-state index contributed by atoms with van der Waals surface area (Å²) in [6, 6.07) is 9.87. The Bertz CT molecular complexity index is 610. The van der Waals surface area contributed by atoms with Gasteiger partial charge in [0, 0.05) is 4.88 Å². The molecule has 0 bridgehead atoms. The smallest absolute Gasteiger partial charge is 0.258 e. The number of rotatable bonds is 5. The molecule has 0 aliphatic carbocycles. The van der Waals surface area contributed by atoms with Crippen LogP contribution in [0.1, 0.15) is 16.0 Å². The monoisotopic (exact) mass is 353 g/mol. The molecule has 1 aromatic carbocycles. The molecule has 106 valence electrons. The highest BCUT2D eigenvalue weighted by Gasteiger charge is 2.06. The number of amides is 1. The standard InChI is InChI=1S/C15H16BrNO2S/c1-10-3-5-13(11(2)7-10)19-9-15(18)17-8-12-4-6-14(16)20-12/h3-7H,8-9H2,1-2H3,(H,17,18). The van der Waals surface area contributed by atoms with Crippen LogP contribution in [0.5, 0.6) is 5.75 Å².